The van der Waals surface area contributed by atoms with Crippen molar-refractivity contribution in [2.45, 2.75) is 66.2 Å². The van der Waals surface area contributed by atoms with Crippen LogP contribution in [0.5, 0.6) is 0 Å². The van der Waals surface area contributed by atoms with E-state index >= 15 is 0 Å². The second kappa shape index (κ2) is 4.91. The summed E-state index contributed by atoms with van der Waals surface area (Å²) in [5.41, 5.74) is 6.08. The Morgan fingerprint density at radius 2 is 1.22 bits per heavy atom. The smallest absolute Gasteiger partial charge is 0.0129 e. The summed E-state index contributed by atoms with van der Waals surface area (Å²) >= 11 is 0. The summed E-state index contributed by atoms with van der Waals surface area (Å²) in [6.45, 7) is 18.1. The lowest BCUT2D eigenvalue weighted by Crippen LogP contribution is -2.19. The van der Waals surface area contributed by atoms with Gasteiger partial charge in [-0.3, -0.25) is 0 Å². The van der Waals surface area contributed by atoms with Crippen molar-refractivity contribution >= 4 is 6.08 Å². The minimum atomic E-state index is 0.196. The number of rotatable bonds is 1. The molecular weight excluding hydrogens is 216 g/mol. The first-order valence-electron chi connectivity index (χ1n) is 6.85. The molecule has 0 spiro atoms. The molecule has 0 heteroatoms. The number of benzene rings is 1. The first-order valence-corrected chi connectivity index (χ1v) is 6.85. The number of allylic oxidation sites excluding steroid dienone is 1. The molecule has 0 N–H and O–H groups in total. The van der Waals surface area contributed by atoms with E-state index in [9.17, 15) is 0 Å². The second-order valence-corrected chi connectivity index (χ2v) is 7.24. The summed E-state index contributed by atoms with van der Waals surface area (Å²) in [7, 11) is 0. The van der Waals surface area contributed by atoms with Crippen molar-refractivity contribution in [3.05, 3.63) is 40.5 Å². The van der Waals surface area contributed by atoms with Crippen LogP contribution in [0.25, 0.3) is 6.08 Å². The van der Waals surface area contributed by atoms with Gasteiger partial charge in [0, 0.05) is 0 Å². The Morgan fingerprint density at radius 1 is 0.833 bits per heavy atom. The summed E-state index contributed by atoms with van der Waals surface area (Å²) in [5, 5.41) is 0. The van der Waals surface area contributed by atoms with E-state index in [1.54, 1.807) is 0 Å². The van der Waals surface area contributed by atoms with Gasteiger partial charge in [-0.25, -0.2) is 0 Å². The number of hydrogen-bond acceptors (Lipinski definition) is 0. The molecule has 0 unspecified atom stereocenters. The number of hydrogen-bond donors (Lipinski definition) is 0. The van der Waals surface area contributed by atoms with Crippen molar-refractivity contribution in [1.82, 2.24) is 0 Å². The fourth-order valence-electron chi connectivity index (χ4n) is 2.58. The predicted octanol–water partition coefficient (Wildman–Crippen LogP) is 5.62. The molecule has 0 nitrogen and oxygen atoms in total. The van der Waals surface area contributed by atoms with Crippen LogP contribution in [-0.4, -0.2) is 0 Å². The van der Waals surface area contributed by atoms with Crippen LogP contribution in [0.1, 0.15) is 70.7 Å². The van der Waals surface area contributed by atoms with Gasteiger partial charge >= 0.3 is 0 Å². The summed E-state index contributed by atoms with van der Waals surface area (Å²) in [6, 6.07) is 4.68. The van der Waals surface area contributed by atoms with Gasteiger partial charge in [-0.1, -0.05) is 65.8 Å². The monoisotopic (exact) mass is 244 g/mol. The highest BCUT2D eigenvalue weighted by Crippen LogP contribution is 2.34. The molecule has 0 fully saturated rings. The molecule has 0 atom stereocenters. The lowest BCUT2D eigenvalue weighted by atomic mass is 9.76. The van der Waals surface area contributed by atoms with Crippen molar-refractivity contribution in [3.8, 4) is 0 Å². The summed E-state index contributed by atoms with van der Waals surface area (Å²) < 4.78 is 0. The second-order valence-electron chi connectivity index (χ2n) is 7.24. The maximum atomic E-state index is 2.34. The average molecular weight is 244 g/mol. The quantitative estimate of drug-likeness (QED) is 0.601. The van der Waals surface area contributed by atoms with E-state index in [-0.39, 0.29) is 10.8 Å². The van der Waals surface area contributed by atoms with E-state index in [2.05, 4.69) is 79.7 Å². The zero-order valence-electron chi connectivity index (χ0n) is 13.3. The van der Waals surface area contributed by atoms with E-state index in [1.165, 1.54) is 22.3 Å². The Bertz CT molecular complexity index is 413. The molecule has 0 radical (unpaired) electrons. The van der Waals surface area contributed by atoms with E-state index in [0.717, 1.165) is 0 Å². The molecule has 0 heterocycles. The van der Waals surface area contributed by atoms with Gasteiger partial charge in [-0.2, -0.15) is 0 Å². The van der Waals surface area contributed by atoms with Crippen LogP contribution in [0.15, 0.2) is 18.2 Å². The molecule has 0 amide bonds. The molecule has 0 aromatic heterocycles. The fourth-order valence-corrected chi connectivity index (χ4v) is 2.58. The molecule has 18 heavy (non-hydrogen) atoms. The molecular formula is C18H28. The Kier molecular flexibility index (Phi) is 4.10. The van der Waals surface area contributed by atoms with E-state index in [4.69, 9.17) is 0 Å². The van der Waals surface area contributed by atoms with Crippen molar-refractivity contribution < 1.29 is 0 Å². The van der Waals surface area contributed by atoms with Crippen LogP contribution in [0.3, 0.4) is 0 Å². The SMILES string of the molecule is CC=Cc1cc(C(C)(C)C)c(C)c(C(C)(C)C)c1. The highest BCUT2D eigenvalue weighted by atomic mass is 14.3. The van der Waals surface area contributed by atoms with Crippen LogP contribution in [-0.2, 0) is 10.8 Å². The highest BCUT2D eigenvalue weighted by molar-refractivity contribution is 5.56. The van der Waals surface area contributed by atoms with Crippen molar-refractivity contribution in [1.29, 1.82) is 0 Å². The van der Waals surface area contributed by atoms with Gasteiger partial charge in [0.15, 0.2) is 0 Å². The zero-order valence-corrected chi connectivity index (χ0v) is 13.3. The third-order valence-electron chi connectivity index (χ3n) is 3.41. The zero-order chi connectivity index (χ0) is 14.1. The van der Waals surface area contributed by atoms with Gasteiger partial charge in [0.2, 0.25) is 0 Å². The van der Waals surface area contributed by atoms with Crippen LogP contribution in [0.2, 0.25) is 0 Å². The first kappa shape index (κ1) is 15.0. The molecule has 1 aromatic carbocycles. The Balaban J connectivity index is 3.59. The van der Waals surface area contributed by atoms with E-state index in [0.29, 0.717) is 0 Å². The topological polar surface area (TPSA) is 0 Å². The molecule has 0 saturated carbocycles. The molecule has 0 aliphatic carbocycles. The Labute approximate surface area is 113 Å². The maximum Gasteiger partial charge on any atom is -0.0129 e. The van der Waals surface area contributed by atoms with Crippen molar-refractivity contribution in [2.75, 3.05) is 0 Å². The molecule has 0 aliphatic rings. The van der Waals surface area contributed by atoms with Gasteiger partial charge in [-0.05, 0) is 46.9 Å². The lowest BCUT2D eigenvalue weighted by molar-refractivity contribution is 0.561. The maximum absolute atomic E-state index is 2.34. The molecule has 1 aromatic rings. The Hall–Kier alpha value is -1.04. The van der Waals surface area contributed by atoms with Gasteiger partial charge in [0.05, 0.1) is 0 Å². The van der Waals surface area contributed by atoms with Crippen molar-refractivity contribution in [3.63, 3.8) is 0 Å². The van der Waals surface area contributed by atoms with Gasteiger partial charge in [0.25, 0.3) is 0 Å². The molecule has 1 rings (SSSR count). The van der Waals surface area contributed by atoms with Crippen molar-refractivity contribution in [2.24, 2.45) is 0 Å². The van der Waals surface area contributed by atoms with Gasteiger partial charge < -0.3 is 0 Å². The van der Waals surface area contributed by atoms with E-state index < -0.39 is 0 Å². The van der Waals surface area contributed by atoms with Gasteiger partial charge in [-0.15, -0.1) is 0 Å². The predicted molar refractivity (Wildman–Crippen MR) is 83.3 cm³/mol. The fraction of sp³-hybridized carbons (Fsp3) is 0.556. The molecule has 0 bridgehead atoms. The summed E-state index contributed by atoms with van der Waals surface area (Å²) in [5.74, 6) is 0. The molecule has 0 aliphatic heterocycles. The standard InChI is InChI=1S/C18H28/c1-9-10-14-11-15(17(3,4)5)13(2)16(12-14)18(6,7)8/h9-12H,1-8H3. The average Bonchev–Trinajstić information content (AvgIpc) is 2.17. The van der Waals surface area contributed by atoms with Crippen LogP contribution < -0.4 is 0 Å². The van der Waals surface area contributed by atoms with E-state index in [1.807, 2.05) is 0 Å². The van der Waals surface area contributed by atoms with Crippen LogP contribution in [0, 0.1) is 6.92 Å². The highest BCUT2D eigenvalue weighted by Gasteiger charge is 2.23. The largest absolute Gasteiger partial charge is 0.0871 e. The van der Waals surface area contributed by atoms with Gasteiger partial charge in [0.1, 0.15) is 0 Å². The third kappa shape index (κ3) is 3.25. The summed E-state index contributed by atoms with van der Waals surface area (Å²) in [6.07, 6.45) is 4.31. The first-order chi connectivity index (χ1) is 8.07. The summed E-state index contributed by atoms with van der Waals surface area (Å²) in [4.78, 5) is 0. The third-order valence-corrected chi connectivity index (χ3v) is 3.41. The normalized spacial score (nSPS) is 13.3. The molecule has 0 saturated heterocycles. The Morgan fingerprint density at radius 3 is 1.50 bits per heavy atom. The lowest BCUT2D eigenvalue weighted by Gasteiger charge is -2.29. The minimum Gasteiger partial charge on any atom is -0.0871 e. The minimum absolute atomic E-state index is 0.196. The van der Waals surface area contributed by atoms with Crippen LogP contribution >= 0.6 is 0 Å². The molecule has 100 valence electrons. The van der Waals surface area contributed by atoms with Crippen LogP contribution in [0.4, 0.5) is 0 Å².